The van der Waals surface area contributed by atoms with Crippen LogP contribution in [0.5, 0.6) is 5.75 Å². The van der Waals surface area contributed by atoms with E-state index in [4.69, 9.17) is 9.47 Å². The smallest absolute Gasteiger partial charge is 0.341 e. The number of carbonyl (C=O) groups is 2. The minimum absolute atomic E-state index is 0.0775. The molecule has 7 heteroatoms. The maximum absolute atomic E-state index is 12.7. The number of amides is 2. The van der Waals surface area contributed by atoms with Crippen LogP contribution in [0.1, 0.15) is 44.3 Å². The first-order chi connectivity index (χ1) is 18.4. The lowest BCUT2D eigenvalue weighted by atomic mass is 9.99. The Labute approximate surface area is 222 Å². The molecule has 0 bridgehead atoms. The van der Waals surface area contributed by atoms with Gasteiger partial charge in [0.15, 0.2) is 0 Å². The number of nitrogens with one attached hydrogen (secondary N) is 2. The minimum Gasteiger partial charge on any atom is -0.480 e. The van der Waals surface area contributed by atoms with Crippen molar-refractivity contribution >= 4 is 23.4 Å². The number of aliphatic hydroxyl groups excluding tert-OH is 1. The fourth-order valence-corrected chi connectivity index (χ4v) is 3.90. The van der Waals surface area contributed by atoms with Crippen LogP contribution in [0.4, 0.5) is 16.2 Å². The summed E-state index contributed by atoms with van der Waals surface area (Å²) in [5.41, 5.74) is 6.00. The highest BCUT2D eigenvalue weighted by atomic mass is 16.5. The van der Waals surface area contributed by atoms with E-state index in [0.29, 0.717) is 17.1 Å². The van der Waals surface area contributed by atoms with Gasteiger partial charge >= 0.3 is 12.0 Å². The van der Waals surface area contributed by atoms with Gasteiger partial charge in [-0.2, -0.15) is 0 Å². The molecule has 0 atom stereocenters. The van der Waals surface area contributed by atoms with E-state index in [0.717, 1.165) is 27.8 Å². The normalized spacial score (nSPS) is 10.7. The highest BCUT2D eigenvalue weighted by Gasteiger charge is 2.21. The third-order valence-corrected chi connectivity index (χ3v) is 6.04. The molecule has 3 N–H and O–H groups in total. The van der Waals surface area contributed by atoms with Gasteiger partial charge in [-0.3, -0.25) is 0 Å². The molecule has 4 aromatic carbocycles. The summed E-state index contributed by atoms with van der Waals surface area (Å²) in [7, 11) is 1.30. The molecule has 4 rings (SSSR count). The molecular formula is C31H30N2O5. The summed E-state index contributed by atoms with van der Waals surface area (Å²) in [5.74, 6) is -0.260. The second kappa shape index (κ2) is 12.1. The Kier molecular flexibility index (Phi) is 8.40. The van der Waals surface area contributed by atoms with Gasteiger partial charge in [-0.15, -0.1) is 0 Å². The van der Waals surface area contributed by atoms with E-state index >= 15 is 0 Å². The number of esters is 1. The average Bonchev–Trinajstić information content (AvgIpc) is 2.93. The number of hydrogen-bond donors (Lipinski definition) is 3. The van der Waals surface area contributed by atoms with E-state index in [9.17, 15) is 14.7 Å². The maximum atomic E-state index is 12.7. The number of urea groups is 1. The first-order valence-electron chi connectivity index (χ1n) is 12.2. The summed E-state index contributed by atoms with van der Waals surface area (Å²) < 4.78 is 11.5. The van der Waals surface area contributed by atoms with E-state index in [1.807, 2.05) is 62.4 Å². The number of rotatable bonds is 8. The molecular weight excluding hydrogens is 480 g/mol. The van der Waals surface area contributed by atoms with Gasteiger partial charge in [0.2, 0.25) is 0 Å². The monoisotopic (exact) mass is 510 g/mol. The summed E-state index contributed by atoms with van der Waals surface area (Å²) in [6, 6.07) is 27.3. The van der Waals surface area contributed by atoms with Crippen molar-refractivity contribution in [1.29, 1.82) is 0 Å². The van der Waals surface area contributed by atoms with Crippen LogP contribution in [0.15, 0.2) is 91.0 Å². The SMILES string of the molecule is COC(=O)c1cc(NC(=O)Nc2ccc(CO)cc2)ccc1OC(c1ccc(C)cc1)c1ccc(C)cc1. The van der Waals surface area contributed by atoms with Crippen molar-refractivity contribution in [3.05, 3.63) is 124 Å². The Bertz CT molecular complexity index is 1350. The van der Waals surface area contributed by atoms with Crippen LogP contribution in [0.2, 0.25) is 0 Å². The zero-order valence-corrected chi connectivity index (χ0v) is 21.5. The fourth-order valence-electron chi connectivity index (χ4n) is 3.90. The predicted octanol–water partition coefficient (Wildman–Crippen LogP) is 6.39. The molecule has 0 aliphatic rings. The number of anilines is 2. The van der Waals surface area contributed by atoms with Gasteiger partial charge in [-0.1, -0.05) is 71.8 Å². The summed E-state index contributed by atoms with van der Waals surface area (Å²) >= 11 is 0. The van der Waals surface area contributed by atoms with E-state index in [2.05, 4.69) is 10.6 Å². The molecule has 4 aromatic rings. The minimum atomic E-state index is -0.588. The number of hydrogen-bond acceptors (Lipinski definition) is 5. The molecule has 38 heavy (non-hydrogen) atoms. The van der Waals surface area contributed by atoms with Crippen LogP contribution in [0.25, 0.3) is 0 Å². The Balaban J connectivity index is 1.60. The Hall–Kier alpha value is -4.62. The highest BCUT2D eigenvalue weighted by Crippen LogP contribution is 2.33. The van der Waals surface area contributed by atoms with Crippen LogP contribution in [0, 0.1) is 13.8 Å². The Morgan fingerprint density at radius 2 is 1.29 bits per heavy atom. The van der Waals surface area contributed by atoms with Crippen molar-refractivity contribution in [2.24, 2.45) is 0 Å². The summed E-state index contributed by atoms with van der Waals surface area (Å²) in [4.78, 5) is 25.3. The third kappa shape index (κ3) is 6.57. The van der Waals surface area contributed by atoms with Gasteiger partial charge in [0.1, 0.15) is 17.4 Å². The lowest BCUT2D eigenvalue weighted by Crippen LogP contribution is -2.20. The Morgan fingerprint density at radius 3 is 1.82 bits per heavy atom. The van der Waals surface area contributed by atoms with Crippen molar-refractivity contribution in [3.8, 4) is 5.75 Å². The van der Waals surface area contributed by atoms with E-state index in [1.54, 1.807) is 36.4 Å². The summed E-state index contributed by atoms with van der Waals surface area (Å²) in [5, 5.41) is 14.6. The number of aliphatic hydroxyl groups is 1. The number of aryl methyl sites for hydroxylation is 2. The van der Waals surface area contributed by atoms with E-state index in [-0.39, 0.29) is 12.2 Å². The molecule has 0 saturated heterocycles. The second-order valence-electron chi connectivity index (χ2n) is 8.96. The van der Waals surface area contributed by atoms with Crippen molar-refractivity contribution in [3.63, 3.8) is 0 Å². The second-order valence-corrected chi connectivity index (χ2v) is 8.96. The lowest BCUT2D eigenvalue weighted by Gasteiger charge is -2.22. The molecule has 0 aromatic heterocycles. The quantitative estimate of drug-likeness (QED) is 0.239. The molecule has 0 aliphatic heterocycles. The number of benzene rings is 4. The van der Waals surface area contributed by atoms with Crippen molar-refractivity contribution < 1.29 is 24.2 Å². The molecule has 0 aliphatic carbocycles. The van der Waals surface area contributed by atoms with Crippen LogP contribution >= 0.6 is 0 Å². The van der Waals surface area contributed by atoms with Crippen molar-refractivity contribution in [1.82, 2.24) is 0 Å². The molecule has 2 amide bonds. The molecule has 0 heterocycles. The Morgan fingerprint density at radius 1 is 0.763 bits per heavy atom. The van der Waals surface area contributed by atoms with Gasteiger partial charge in [-0.05, 0) is 60.9 Å². The van der Waals surface area contributed by atoms with Crippen LogP contribution < -0.4 is 15.4 Å². The van der Waals surface area contributed by atoms with Gasteiger partial charge < -0.3 is 25.2 Å². The topological polar surface area (TPSA) is 96.9 Å². The zero-order chi connectivity index (χ0) is 27.1. The molecule has 194 valence electrons. The number of methoxy groups -OCH3 is 1. The van der Waals surface area contributed by atoms with Gasteiger partial charge in [-0.25, -0.2) is 9.59 Å². The fraction of sp³-hybridized carbons (Fsp3) is 0.161. The molecule has 7 nitrogen and oxygen atoms in total. The third-order valence-electron chi connectivity index (χ3n) is 6.04. The van der Waals surface area contributed by atoms with Crippen LogP contribution in [-0.4, -0.2) is 24.2 Å². The van der Waals surface area contributed by atoms with Gasteiger partial charge in [0.05, 0.1) is 13.7 Å². The van der Waals surface area contributed by atoms with Gasteiger partial charge in [0.25, 0.3) is 0 Å². The lowest BCUT2D eigenvalue weighted by molar-refractivity contribution is 0.0594. The van der Waals surface area contributed by atoms with E-state index in [1.165, 1.54) is 13.2 Å². The number of ether oxygens (including phenoxy) is 2. The predicted molar refractivity (Wildman–Crippen MR) is 148 cm³/mol. The maximum Gasteiger partial charge on any atom is 0.341 e. The largest absolute Gasteiger partial charge is 0.480 e. The average molecular weight is 511 g/mol. The van der Waals surface area contributed by atoms with E-state index < -0.39 is 18.1 Å². The standard InChI is InChI=1S/C31H30N2O5/c1-20-4-10-23(11-5-20)29(24-12-6-21(2)7-13-24)38-28-17-16-26(18-27(28)30(35)37-3)33-31(36)32-25-14-8-22(19-34)9-15-25/h4-18,29,34H,19H2,1-3H3,(H2,32,33,36). The van der Waals surface area contributed by atoms with Gasteiger partial charge in [0, 0.05) is 11.4 Å². The van der Waals surface area contributed by atoms with Crippen LogP contribution in [0.3, 0.4) is 0 Å². The molecule has 0 spiro atoms. The first kappa shape index (κ1) is 26.4. The molecule has 0 radical (unpaired) electrons. The zero-order valence-electron chi connectivity index (χ0n) is 21.5. The highest BCUT2D eigenvalue weighted by molar-refractivity contribution is 6.01. The number of carbonyl (C=O) groups excluding carboxylic acids is 2. The molecule has 0 fully saturated rings. The van der Waals surface area contributed by atoms with Crippen molar-refractivity contribution in [2.75, 3.05) is 17.7 Å². The van der Waals surface area contributed by atoms with Crippen LogP contribution in [-0.2, 0) is 11.3 Å². The molecule has 0 saturated carbocycles. The summed E-state index contributed by atoms with van der Waals surface area (Å²) in [6.07, 6.45) is -0.469. The molecule has 0 unspecified atom stereocenters. The van der Waals surface area contributed by atoms with Crippen molar-refractivity contribution in [2.45, 2.75) is 26.6 Å². The first-order valence-corrected chi connectivity index (χ1v) is 12.2. The summed E-state index contributed by atoms with van der Waals surface area (Å²) in [6.45, 7) is 3.96.